The van der Waals surface area contributed by atoms with Crippen LogP contribution in [-0.4, -0.2) is 0 Å². The van der Waals surface area contributed by atoms with Crippen LogP contribution in [0.25, 0.3) is 44.5 Å². The van der Waals surface area contributed by atoms with E-state index in [-0.39, 0.29) is 0 Å². The van der Waals surface area contributed by atoms with Crippen molar-refractivity contribution in [2.45, 2.75) is 51.1 Å². The van der Waals surface area contributed by atoms with Gasteiger partial charge in [-0.1, -0.05) is 62.4 Å². The number of rotatable bonds is 5. The van der Waals surface area contributed by atoms with E-state index in [9.17, 15) is 0 Å². The molecule has 1 aliphatic carbocycles. The molecule has 3 heteroatoms. The highest BCUT2D eigenvalue weighted by Gasteiger charge is 2.70. The maximum Gasteiger partial charge on any atom is 0.234 e. The quantitative estimate of drug-likeness (QED) is 0.160. The van der Waals surface area contributed by atoms with E-state index < -0.39 is 0 Å². The predicted octanol–water partition coefficient (Wildman–Crippen LogP) is 8.55. The summed E-state index contributed by atoms with van der Waals surface area (Å²) >= 11 is 0. The molecule has 0 amide bonds. The summed E-state index contributed by atoms with van der Waals surface area (Å²) in [6.07, 6.45) is 7.44. The minimum absolute atomic E-state index is 0.306. The second-order valence-electron chi connectivity index (χ2n) is 12.1. The molecule has 1 saturated carbocycles. The molecular formula is C38H34N2O+2. The van der Waals surface area contributed by atoms with Gasteiger partial charge in [-0.3, -0.25) is 0 Å². The lowest BCUT2D eigenvalue weighted by Crippen LogP contribution is -2.42. The first kappa shape index (κ1) is 24.3. The minimum Gasteiger partial charge on any atom is -0.455 e. The number of fused-ring (bicyclic) bond motifs is 10. The van der Waals surface area contributed by atoms with Gasteiger partial charge in [0.1, 0.15) is 17.1 Å². The fourth-order valence-electron chi connectivity index (χ4n) is 7.22. The Bertz CT molecular complexity index is 2010. The molecule has 4 heterocycles. The summed E-state index contributed by atoms with van der Waals surface area (Å²) in [6.45, 7) is 10.8. The molecule has 3 unspecified atom stereocenters. The average molecular weight is 535 g/mol. The Balaban J connectivity index is 1.35. The highest BCUT2D eigenvalue weighted by molar-refractivity contribution is 6.10. The zero-order chi connectivity index (χ0) is 27.8. The first-order valence-corrected chi connectivity index (χ1v) is 14.8. The standard InChI is InChI=1S/C38H34N2O/c1-5-10-25-14-15-26(23(2)3)22-30(25)31-12-8-9-19-39(31)36-35-29-17-16-28-27-11-6-7-13-33(27)41-38(28)34(29)32-21-24(4)18-20-40(32)37(35)36/h5-9,11-23,35-37H,1,10H2,2-4H3/q+2. The fourth-order valence-corrected chi connectivity index (χ4v) is 7.22. The van der Waals surface area contributed by atoms with Crippen LogP contribution in [0, 0.1) is 6.92 Å². The van der Waals surface area contributed by atoms with E-state index in [2.05, 4.69) is 134 Å². The number of aromatic nitrogens is 2. The summed E-state index contributed by atoms with van der Waals surface area (Å²) in [5.41, 5.74) is 12.4. The monoisotopic (exact) mass is 534 g/mol. The highest BCUT2D eigenvalue weighted by Crippen LogP contribution is 2.61. The van der Waals surface area contributed by atoms with Crippen molar-refractivity contribution in [3.05, 3.63) is 132 Å². The van der Waals surface area contributed by atoms with Gasteiger partial charge in [0, 0.05) is 40.6 Å². The molecule has 0 spiro atoms. The van der Waals surface area contributed by atoms with Gasteiger partial charge in [0.05, 0.1) is 5.56 Å². The normalized spacial score (nSPS) is 18.8. The zero-order valence-corrected chi connectivity index (χ0v) is 23.8. The number of nitrogens with zero attached hydrogens (tertiary/aromatic N) is 2. The predicted molar refractivity (Wildman–Crippen MR) is 165 cm³/mol. The third-order valence-corrected chi connectivity index (χ3v) is 9.25. The molecule has 2 aliphatic rings. The first-order chi connectivity index (χ1) is 20.0. The van der Waals surface area contributed by atoms with Crippen LogP contribution in [0.2, 0.25) is 0 Å². The summed E-state index contributed by atoms with van der Waals surface area (Å²) < 4.78 is 11.6. The van der Waals surface area contributed by atoms with Gasteiger partial charge < -0.3 is 4.42 Å². The van der Waals surface area contributed by atoms with E-state index in [1.165, 1.54) is 55.5 Å². The second-order valence-corrected chi connectivity index (χ2v) is 12.1. The molecule has 1 fully saturated rings. The lowest BCUT2D eigenvalue weighted by molar-refractivity contribution is -0.754. The average Bonchev–Trinajstić information content (AvgIpc) is 3.62. The van der Waals surface area contributed by atoms with Crippen molar-refractivity contribution in [1.82, 2.24) is 0 Å². The van der Waals surface area contributed by atoms with Crippen molar-refractivity contribution in [2.75, 3.05) is 0 Å². The summed E-state index contributed by atoms with van der Waals surface area (Å²) in [5.74, 6) is 0.834. The van der Waals surface area contributed by atoms with E-state index in [1.807, 2.05) is 6.08 Å². The maximum atomic E-state index is 6.60. The van der Waals surface area contributed by atoms with E-state index in [0.29, 0.717) is 23.9 Å². The van der Waals surface area contributed by atoms with Crippen LogP contribution < -0.4 is 9.13 Å². The van der Waals surface area contributed by atoms with Crippen molar-refractivity contribution in [3.8, 4) is 22.5 Å². The van der Waals surface area contributed by atoms with E-state index in [1.54, 1.807) is 0 Å². The Morgan fingerprint density at radius 2 is 1.63 bits per heavy atom. The summed E-state index contributed by atoms with van der Waals surface area (Å²) in [6, 6.07) is 31.9. The summed E-state index contributed by atoms with van der Waals surface area (Å²) in [7, 11) is 0. The molecule has 0 saturated heterocycles. The van der Waals surface area contributed by atoms with E-state index >= 15 is 0 Å². The van der Waals surface area contributed by atoms with Crippen LogP contribution in [0.3, 0.4) is 0 Å². The topological polar surface area (TPSA) is 20.9 Å². The molecule has 200 valence electrons. The van der Waals surface area contributed by atoms with Crippen LogP contribution in [0.1, 0.15) is 60.0 Å². The van der Waals surface area contributed by atoms with Crippen molar-refractivity contribution >= 4 is 21.9 Å². The van der Waals surface area contributed by atoms with Gasteiger partial charge in [-0.2, -0.15) is 9.13 Å². The molecule has 3 aromatic heterocycles. The van der Waals surface area contributed by atoms with Crippen LogP contribution in [0.15, 0.2) is 114 Å². The van der Waals surface area contributed by atoms with Crippen molar-refractivity contribution in [3.63, 3.8) is 0 Å². The Labute approximate surface area is 241 Å². The SMILES string of the molecule is C=CCc1ccc(C(C)C)cc1-c1cccc[n+]1C1C2c3ccc4c(oc5ccccc54)c3-c3cc(C)cc[n+]3C21. The third kappa shape index (κ3) is 3.58. The number of allylic oxidation sites excluding steroid dienone is 1. The third-order valence-electron chi connectivity index (χ3n) is 9.25. The molecule has 0 N–H and O–H groups in total. The molecule has 6 aromatic rings. The largest absolute Gasteiger partial charge is 0.455 e. The van der Waals surface area contributed by atoms with Crippen molar-refractivity contribution in [2.24, 2.45) is 0 Å². The molecular weight excluding hydrogens is 500 g/mol. The van der Waals surface area contributed by atoms with Crippen molar-refractivity contribution in [1.29, 1.82) is 0 Å². The summed E-state index contributed by atoms with van der Waals surface area (Å²) in [5, 5.41) is 2.37. The van der Waals surface area contributed by atoms with Gasteiger partial charge >= 0.3 is 0 Å². The van der Waals surface area contributed by atoms with Gasteiger partial charge in [-0.15, -0.1) is 6.58 Å². The minimum atomic E-state index is 0.306. The maximum absolute atomic E-state index is 6.60. The van der Waals surface area contributed by atoms with E-state index in [0.717, 1.165) is 17.6 Å². The van der Waals surface area contributed by atoms with Crippen LogP contribution in [0.5, 0.6) is 0 Å². The molecule has 0 radical (unpaired) electrons. The van der Waals surface area contributed by atoms with Gasteiger partial charge in [-0.05, 0) is 59.7 Å². The van der Waals surface area contributed by atoms with Crippen LogP contribution in [-0.2, 0) is 6.42 Å². The fraction of sp³-hybridized carbons (Fsp3) is 0.211. The Kier molecular flexibility index (Phi) is 5.34. The molecule has 3 nitrogen and oxygen atoms in total. The lowest BCUT2D eigenvalue weighted by atomic mass is 9.93. The Morgan fingerprint density at radius 3 is 2.46 bits per heavy atom. The zero-order valence-electron chi connectivity index (χ0n) is 23.8. The lowest BCUT2D eigenvalue weighted by Gasteiger charge is -2.13. The number of pyridine rings is 2. The number of hydrogen-bond donors (Lipinski definition) is 0. The molecule has 41 heavy (non-hydrogen) atoms. The number of para-hydroxylation sites is 1. The number of aryl methyl sites for hydroxylation is 1. The van der Waals surface area contributed by atoms with Gasteiger partial charge in [-0.25, -0.2) is 0 Å². The van der Waals surface area contributed by atoms with Crippen LogP contribution >= 0.6 is 0 Å². The van der Waals surface area contributed by atoms with Gasteiger partial charge in [0.15, 0.2) is 12.4 Å². The summed E-state index contributed by atoms with van der Waals surface area (Å²) in [4.78, 5) is 0. The van der Waals surface area contributed by atoms with Gasteiger partial charge in [0.2, 0.25) is 23.5 Å². The smallest absolute Gasteiger partial charge is 0.234 e. The molecule has 0 bridgehead atoms. The molecule has 8 rings (SSSR count). The molecule has 3 atom stereocenters. The molecule has 3 aromatic carbocycles. The Morgan fingerprint density at radius 1 is 0.829 bits per heavy atom. The number of furan rings is 1. The van der Waals surface area contributed by atoms with Gasteiger partial charge in [0.25, 0.3) is 0 Å². The first-order valence-electron chi connectivity index (χ1n) is 14.8. The Hall–Kier alpha value is -4.50. The van der Waals surface area contributed by atoms with Crippen LogP contribution in [0.4, 0.5) is 0 Å². The van der Waals surface area contributed by atoms with E-state index in [4.69, 9.17) is 4.42 Å². The highest BCUT2D eigenvalue weighted by atomic mass is 16.3. The second kappa shape index (κ2) is 9.01. The van der Waals surface area contributed by atoms with Crippen molar-refractivity contribution < 1.29 is 13.6 Å². The molecule has 1 aliphatic heterocycles. The number of benzene rings is 3. The number of hydrogen-bond acceptors (Lipinski definition) is 1.